The van der Waals surface area contributed by atoms with Crippen LogP contribution in [0.5, 0.6) is 0 Å². The lowest BCUT2D eigenvalue weighted by Gasteiger charge is -2.18. The van der Waals surface area contributed by atoms with E-state index in [4.69, 9.17) is 0 Å². The summed E-state index contributed by atoms with van der Waals surface area (Å²) < 4.78 is 0. The number of halogens is 1. The van der Waals surface area contributed by atoms with E-state index in [1.54, 1.807) is 0 Å². The zero-order valence-corrected chi connectivity index (χ0v) is 18.6. The van der Waals surface area contributed by atoms with Crippen LogP contribution in [0.1, 0.15) is 18.1 Å². The molecule has 0 atom stereocenters. The highest BCUT2D eigenvalue weighted by molar-refractivity contribution is 6.07. The maximum absolute atomic E-state index is 4.49. The first-order chi connectivity index (χ1) is 13.5. The Balaban J connectivity index is 0.00000300. The zero-order valence-electron chi connectivity index (χ0n) is 17.9. The minimum absolute atomic E-state index is 0. The summed E-state index contributed by atoms with van der Waals surface area (Å²) in [7, 11) is 8.26. The number of hydrogen-bond acceptors (Lipinski definition) is 3. The van der Waals surface area contributed by atoms with E-state index < -0.39 is 0 Å². The van der Waals surface area contributed by atoms with Crippen molar-refractivity contribution in [2.24, 2.45) is 4.99 Å². The summed E-state index contributed by atoms with van der Waals surface area (Å²) in [5, 5.41) is 0. The highest BCUT2D eigenvalue weighted by Crippen LogP contribution is 2.31. The fourth-order valence-electron chi connectivity index (χ4n) is 3.27. The third kappa shape index (κ3) is 5.39. The van der Waals surface area contributed by atoms with Crippen LogP contribution in [0.15, 0.2) is 83.4 Å². The molecule has 0 amide bonds. The number of anilines is 2. The predicted molar refractivity (Wildman–Crippen MR) is 124 cm³/mol. The van der Waals surface area contributed by atoms with E-state index in [-0.39, 0.29) is 12.4 Å². The summed E-state index contributed by atoms with van der Waals surface area (Å²) in [5.74, 6) is 0. The first-order valence-corrected chi connectivity index (χ1v) is 9.70. The first kappa shape index (κ1) is 22.5. The number of benzene rings is 2. The monoisotopic (exact) mass is 406 g/mol. The molecule has 0 saturated carbocycles. The minimum atomic E-state index is 0. The van der Waals surface area contributed by atoms with Crippen molar-refractivity contribution >= 4 is 22.7 Å². The summed E-state index contributed by atoms with van der Waals surface area (Å²) in [5.41, 5.74) is 8.28. The van der Waals surface area contributed by atoms with Crippen molar-refractivity contribution in [1.82, 2.24) is 0 Å². The Kier molecular flexibility index (Phi) is 7.86. The molecule has 0 spiro atoms. The molecule has 2 aromatic carbocycles. The van der Waals surface area contributed by atoms with Crippen molar-refractivity contribution in [2.45, 2.75) is 6.92 Å². The largest absolute Gasteiger partial charge is 1.00 e. The maximum atomic E-state index is 4.49. The van der Waals surface area contributed by atoms with Crippen LogP contribution in [0, 0.1) is 0 Å². The Morgan fingerprint density at radius 3 is 1.45 bits per heavy atom. The van der Waals surface area contributed by atoms with Gasteiger partial charge in [-0.05, 0) is 65.6 Å². The first-order valence-electron chi connectivity index (χ1n) is 9.70. The molecule has 3 nitrogen and oxygen atoms in total. The predicted octanol–water partition coefficient (Wildman–Crippen LogP) is 2.21. The fourth-order valence-corrected chi connectivity index (χ4v) is 3.27. The van der Waals surface area contributed by atoms with Crippen LogP contribution in [-0.4, -0.2) is 40.4 Å². The summed E-state index contributed by atoms with van der Waals surface area (Å²) >= 11 is 0. The highest BCUT2D eigenvalue weighted by Gasteiger charge is 2.12. The molecule has 0 saturated heterocycles. The molecule has 0 heterocycles. The molecule has 0 N–H and O–H groups in total. The van der Waals surface area contributed by atoms with Gasteiger partial charge in [-0.1, -0.05) is 36.4 Å². The van der Waals surface area contributed by atoms with Crippen LogP contribution in [0.25, 0.3) is 5.57 Å². The van der Waals surface area contributed by atoms with Crippen LogP contribution in [0.2, 0.25) is 0 Å². The van der Waals surface area contributed by atoms with Gasteiger partial charge in [0.25, 0.3) is 0 Å². The van der Waals surface area contributed by atoms with E-state index in [0.717, 1.165) is 12.3 Å². The Morgan fingerprint density at radius 2 is 1.10 bits per heavy atom. The third-order valence-corrected chi connectivity index (χ3v) is 4.84. The van der Waals surface area contributed by atoms with Gasteiger partial charge in [-0.3, -0.25) is 4.99 Å². The van der Waals surface area contributed by atoms with Gasteiger partial charge in [-0.15, -0.1) is 0 Å². The molecule has 0 aliphatic heterocycles. The number of aliphatic imine (C=N–C) groups is 1. The summed E-state index contributed by atoms with van der Waals surface area (Å²) in [6.45, 7) is 2.86. The number of rotatable bonds is 5. The highest BCUT2D eigenvalue weighted by atomic mass is 35.5. The maximum Gasteiger partial charge on any atom is 0.0574 e. The fraction of sp³-hybridized carbons (Fsp3) is 0.240. The lowest BCUT2D eigenvalue weighted by atomic mass is 9.90. The van der Waals surface area contributed by atoms with Gasteiger partial charge in [-0.2, -0.15) is 0 Å². The molecule has 152 valence electrons. The molecular weight excluding hydrogens is 378 g/mol. The molecule has 4 heteroatoms. The van der Waals surface area contributed by atoms with Gasteiger partial charge in [0, 0.05) is 46.1 Å². The Morgan fingerprint density at radius 1 is 0.690 bits per heavy atom. The average Bonchev–Trinajstić information content (AvgIpc) is 2.70. The molecule has 0 radical (unpaired) electrons. The van der Waals surface area contributed by atoms with E-state index in [0.29, 0.717) is 0 Å². The van der Waals surface area contributed by atoms with Crippen LogP contribution >= 0.6 is 0 Å². The van der Waals surface area contributed by atoms with Gasteiger partial charge in [0.05, 0.1) is 5.71 Å². The summed E-state index contributed by atoms with van der Waals surface area (Å²) in [4.78, 5) is 8.74. The molecule has 1 aliphatic carbocycles. The second kappa shape index (κ2) is 10.1. The molecule has 29 heavy (non-hydrogen) atoms. The molecule has 3 rings (SSSR count). The van der Waals surface area contributed by atoms with E-state index in [1.165, 1.54) is 33.6 Å². The molecular formula is C25H29ClN3-. The van der Waals surface area contributed by atoms with Crippen LogP contribution in [-0.2, 0) is 0 Å². The van der Waals surface area contributed by atoms with Crippen LogP contribution < -0.4 is 22.2 Å². The zero-order chi connectivity index (χ0) is 20.1. The smallest absolute Gasteiger partial charge is 0.0574 e. The number of allylic oxidation sites excluding steroid dienone is 5. The van der Waals surface area contributed by atoms with Crippen molar-refractivity contribution in [2.75, 3.05) is 44.5 Å². The van der Waals surface area contributed by atoms with Crippen LogP contribution in [0.4, 0.5) is 11.4 Å². The second-order valence-electron chi connectivity index (χ2n) is 7.28. The molecule has 0 aromatic heterocycles. The van der Waals surface area contributed by atoms with Gasteiger partial charge in [0.2, 0.25) is 0 Å². The summed E-state index contributed by atoms with van der Waals surface area (Å²) in [6.07, 6.45) is 8.54. The SMILES string of the molecule is CCN=C1C=CC(=C(c2ccc(N(C)C)cc2)c2ccc(N(C)C)cc2)C=C1.[Cl-]. The number of nitrogens with zero attached hydrogens (tertiary/aromatic N) is 3. The third-order valence-electron chi connectivity index (χ3n) is 4.84. The standard InChI is InChI=1S/C25H29N3.ClH/c1-6-26-22-13-7-19(8-14-22)25(20-9-15-23(16-10-20)27(2)3)21-11-17-24(18-12-21)28(4)5;/h7-18H,6H2,1-5H3;1H/p-1. The molecule has 2 aromatic rings. The van der Waals surface area contributed by atoms with Gasteiger partial charge in [0.1, 0.15) is 0 Å². The molecule has 0 unspecified atom stereocenters. The van der Waals surface area contributed by atoms with E-state index in [1.807, 2.05) is 0 Å². The topological polar surface area (TPSA) is 18.8 Å². The van der Waals surface area contributed by atoms with E-state index in [9.17, 15) is 0 Å². The van der Waals surface area contributed by atoms with Crippen LogP contribution in [0.3, 0.4) is 0 Å². The molecule has 1 aliphatic rings. The quantitative estimate of drug-likeness (QED) is 0.758. The van der Waals surface area contributed by atoms with Crippen molar-refractivity contribution < 1.29 is 12.4 Å². The van der Waals surface area contributed by atoms with Crippen molar-refractivity contribution in [1.29, 1.82) is 0 Å². The summed E-state index contributed by atoms with van der Waals surface area (Å²) in [6, 6.07) is 17.5. The molecule has 0 bridgehead atoms. The Bertz CT molecular complexity index is 860. The average molecular weight is 407 g/mol. The van der Waals surface area contributed by atoms with Gasteiger partial charge < -0.3 is 22.2 Å². The second-order valence-corrected chi connectivity index (χ2v) is 7.28. The van der Waals surface area contributed by atoms with Crippen molar-refractivity contribution in [3.05, 3.63) is 89.5 Å². The van der Waals surface area contributed by atoms with E-state index >= 15 is 0 Å². The lowest BCUT2D eigenvalue weighted by Crippen LogP contribution is -3.00. The Labute approximate surface area is 181 Å². The van der Waals surface area contributed by atoms with Crippen molar-refractivity contribution in [3.63, 3.8) is 0 Å². The van der Waals surface area contributed by atoms with E-state index in [2.05, 4.69) is 123 Å². The van der Waals surface area contributed by atoms with Gasteiger partial charge in [-0.25, -0.2) is 0 Å². The Hall–Kier alpha value is -2.78. The number of hydrogen-bond donors (Lipinski definition) is 0. The normalized spacial score (nSPS) is 12.4. The lowest BCUT2D eigenvalue weighted by molar-refractivity contribution is -0.00000574. The van der Waals surface area contributed by atoms with Gasteiger partial charge in [0.15, 0.2) is 0 Å². The molecule has 0 fully saturated rings. The minimum Gasteiger partial charge on any atom is -1.00 e. The van der Waals surface area contributed by atoms with Crippen molar-refractivity contribution in [3.8, 4) is 0 Å². The van der Waals surface area contributed by atoms with Gasteiger partial charge >= 0.3 is 0 Å².